The number of carbonyl (C=O) groups excluding carboxylic acids is 1. The number of amides is 1. The average Bonchev–Trinajstić information content (AvgIpc) is 2.99. The normalized spacial score (nSPS) is 15.7. The minimum Gasteiger partial charge on any atom is -0.359 e. The predicted octanol–water partition coefficient (Wildman–Crippen LogP) is 2.95. The fraction of sp³-hybridized carbons (Fsp3) is 0.316. The molecule has 24 heavy (non-hydrogen) atoms. The van der Waals surface area contributed by atoms with Crippen molar-refractivity contribution in [3.05, 3.63) is 59.7 Å². The van der Waals surface area contributed by atoms with Crippen LogP contribution in [-0.2, 0) is 27.8 Å². The van der Waals surface area contributed by atoms with Gasteiger partial charge in [0, 0.05) is 35.0 Å². The Labute approximate surface area is 145 Å². The molecule has 0 aliphatic carbocycles. The highest BCUT2D eigenvalue weighted by Gasteiger charge is 2.27. The second-order valence-electron chi connectivity index (χ2n) is 6.11. The maximum Gasteiger partial charge on any atom is 0.246 e. The predicted molar refractivity (Wildman–Crippen MR) is 99.8 cm³/mol. The third-order valence-corrected chi connectivity index (χ3v) is 5.12. The SMILES string of the molecule is C[C@@H](C(=O)Nc1ccccc1C[S@@](C)=O)N1CCc2ccccc21. The summed E-state index contributed by atoms with van der Waals surface area (Å²) < 4.78 is 11.5. The van der Waals surface area contributed by atoms with Crippen LogP contribution < -0.4 is 10.2 Å². The van der Waals surface area contributed by atoms with Crippen molar-refractivity contribution in [2.24, 2.45) is 0 Å². The van der Waals surface area contributed by atoms with Crippen LogP contribution in [0, 0.1) is 0 Å². The zero-order valence-corrected chi connectivity index (χ0v) is 14.8. The molecule has 0 unspecified atom stereocenters. The van der Waals surface area contributed by atoms with E-state index in [4.69, 9.17) is 0 Å². The van der Waals surface area contributed by atoms with Crippen LogP contribution >= 0.6 is 0 Å². The molecule has 0 bridgehead atoms. The van der Waals surface area contributed by atoms with E-state index in [0.717, 1.165) is 29.9 Å². The van der Waals surface area contributed by atoms with Gasteiger partial charge >= 0.3 is 0 Å². The molecule has 1 N–H and O–H groups in total. The second kappa shape index (κ2) is 7.18. The van der Waals surface area contributed by atoms with Crippen LogP contribution in [0.5, 0.6) is 0 Å². The molecule has 2 aromatic carbocycles. The zero-order valence-electron chi connectivity index (χ0n) is 14.0. The van der Waals surface area contributed by atoms with Gasteiger partial charge in [0.1, 0.15) is 6.04 Å². The first kappa shape index (κ1) is 16.7. The Hall–Kier alpha value is -2.14. The number of hydrogen-bond acceptors (Lipinski definition) is 3. The lowest BCUT2D eigenvalue weighted by molar-refractivity contribution is -0.117. The highest BCUT2D eigenvalue weighted by atomic mass is 32.2. The van der Waals surface area contributed by atoms with E-state index in [1.807, 2.05) is 43.3 Å². The van der Waals surface area contributed by atoms with Crippen molar-refractivity contribution in [3.8, 4) is 0 Å². The van der Waals surface area contributed by atoms with E-state index in [-0.39, 0.29) is 11.9 Å². The molecule has 0 fully saturated rings. The van der Waals surface area contributed by atoms with Crippen molar-refractivity contribution in [2.45, 2.75) is 25.1 Å². The van der Waals surface area contributed by atoms with Crippen LogP contribution in [0.4, 0.5) is 11.4 Å². The van der Waals surface area contributed by atoms with E-state index >= 15 is 0 Å². The van der Waals surface area contributed by atoms with E-state index in [9.17, 15) is 9.00 Å². The summed E-state index contributed by atoms with van der Waals surface area (Å²) in [4.78, 5) is 14.9. The molecule has 3 rings (SSSR count). The van der Waals surface area contributed by atoms with E-state index in [1.54, 1.807) is 6.26 Å². The zero-order chi connectivity index (χ0) is 17.1. The van der Waals surface area contributed by atoms with E-state index < -0.39 is 10.8 Å². The number of anilines is 2. The van der Waals surface area contributed by atoms with Gasteiger partial charge < -0.3 is 10.2 Å². The standard InChI is InChI=1S/C19H22N2O2S/c1-14(21-12-11-15-7-4-6-10-18(15)21)19(22)20-17-9-5-3-8-16(17)13-24(2)23/h3-10,14H,11-13H2,1-2H3,(H,20,22)/t14-,24+/m0/s1. The van der Waals surface area contributed by atoms with E-state index in [2.05, 4.69) is 22.3 Å². The minimum absolute atomic E-state index is 0.0407. The van der Waals surface area contributed by atoms with Crippen LogP contribution in [0.25, 0.3) is 0 Å². The van der Waals surface area contributed by atoms with E-state index in [1.165, 1.54) is 5.56 Å². The van der Waals surface area contributed by atoms with Crippen LogP contribution in [0.1, 0.15) is 18.1 Å². The van der Waals surface area contributed by atoms with Gasteiger partial charge in [0.15, 0.2) is 0 Å². The van der Waals surface area contributed by atoms with Crippen molar-refractivity contribution >= 4 is 28.1 Å². The monoisotopic (exact) mass is 342 g/mol. The molecule has 2 aromatic rings. The topological polar surface area (TPSA) is 49.4 Å². The maximum absolute atomic E-state index is 12.7. The van der Waals surface area contributed by atoms with Crippen molar-refractivity contribution in [2.75, 3.05) is 23.0 Å². The molecule has 5 heteroatoms. The fourth-order valence-corrected chi connectivity index (χ4v) is 3.82. The Balaban J connectivity index is 1.75. The number of para-hydroxylation sites is 2. The Morgan fingerprint density at radius 3 is 2.71 bits per heavy atom. The van der Waals surface area contributed by atoms with Gasteiger partial charge in [-0.1, -0.05) is 36.4 Å². The molecule has 0 saturated heterocycles. The van der Waals surface area contributed by atoms with Crippen molar-refractivity contribution < 1.29 is 9.00 Å². The minimum atomic E-state index is -0.946. The number of nitrogens with one attached hydrogen (secondary N) is 1. The van der Waals surface area contributed by atoms with Crippen LogP contribution in [0.3, 0.4) is 0 Å². The average molecular weight is 342 g/mol. The van der Waals surface area contributed by atoms with Gasteiger partial charge in [-0.15, -0.1) is 0 Å². The highest BCUT2D eigenvalue weighted by Crippen LogP contribution is 2.29. The maximum atomic E-state index is 12.7. The summed E-state index contributed by atoms with van der Waals surface area (Å²) in [5.41, 5.74) is 4.08. The van der Waals surface area contributed by atoms with Gasteiger partial charge in [0.25, 0.3) is 0 Å². The molecule has 1 aliphatic rings. The third kappa shape index (κ3) is 3.51. The number of hydrogen-bond donors (Lipinski definition) is 1. The number of nitrogens with zero attached hydrogens (tertiary/aromatic N) is 1. The first-order valence-corrected chi connectivity index (χ1v) is 9.82. The Morgan fingerprint density at radius 1 is 1.21 bits per heavy atom. The highest BCUT2D eigenvalue weighted by molar-refractivity contribution is 7.83. The van der Waals surface area contributed by atoms with Crippen molar-refractivity contribution in [3.63, 3.8) is 0 Å². The fourth-order valence-electron chi connectivity index (χ4n) is 3.13. The molecular weight excluding hydrogens is 320 g/mol. The molecule has 1 heterocycles. The van der Waals surface area contributed by atoms with Crippen LogP contribution in [-0.4, -0.2) is 29.0 Å². The Bertz CT molecular complexity index is 775. The summed E-state index contributed by atoms with van der Waals surface area (Å²) in [5.74, 6) is 0.401. The lowest BCUT2D eigenvalue weighted by Gasteiger charge is -2.26. The van der Waals surface area contributed by atoms with Gasteiger partial charge in [0.2, 0.25) is 5.91 Å². The number of rotatable bonds is 5. The molecule has 1 amide bonds. The molecule has 0 aromatic heterocycles. The molecule has 4 nitrogen and oxygen atoms in total. The van der Waals surface area contributed by atoms with Gasteiger partial charge in [-0.05, 0) is 36.6 Å². The van der Waals surface area contributed by atoms with Crippen LogP contribution in [0.15, 0.2) is 48.5 Å². The lowest BCUT2D eigenvalue weighted by Crippen LogP contribution is -2.41. The smallest absolute Gasteiger partial charge is 0.246 e. The molecule has 0 saturated carbocycles. The molecule has 1 aliphatic heterocycles. The lowest BCUT2D eigenvalue weighted by atomic mass is 10.1. The van der Waals surface area contributed by atoms with Crippen molar-refractivity contribution in [1.29, 1.82) is 0 Å². The molecule has 2 atom stereocenters. The van der Waals surface area contributed by atoms with Crippen LogP contribution in [0.2, 0.25) is 0 Å². The van der Waals surface area contributed by atoms with Gasteiger partial charge in [-0.2, -0.15) is 0 Å². The summed E-state index contributed by atoms with van der Waals surface area (Å²) in [7, 11) is -0.946. The largest absolute Gasteiger partial charge is 0.359 e. The van der Waals surface area contributed by atoms with Crippen molar-refractivity contribution in [1.82, 2.24) is 0 Å². The summed E-state index contributed by atoms with van der Waals surface area (Å²) in [6.45, 7) is 2.78. The summed E-state index contributed by atoms with van der Waals surface area (Å²) >= 11 is 0. The third-order valence-electron chi connectivity index (χ3n) is 4.40. The van der Waals surface area contributed by atoms with Gasteiger partial charge in [-0.3, -0.25) is 9.00 Å². The number of carbonyl (C=O) groups is 1. The summed E-state index contributed by atoms with van der Waals surface area (Å²) in [6.07, 6.45) is 2.64. The number of benzene rings is 2. The first-order valence-electron chi connectivity index (χ1n) is 8.09. The molecule has 0 radical (unpaired) electrons. The molecular formula is C19H22N2O2S. The number of fused-ring (bicyclic) bond motifs is 1. The molecule has 126 valence electrons. The summed E-state index contributed by atoms with van der Waals surface area (Å²) in [5, 5.41) is 3.01. The first-order chi connectivity index (χ1) is 11.6. The van der Waals surface area contributed by atoms with Gasteiger partial charge in [-0.25, -0.2) is 0 Å². The quantitative estimate of drug-likeness (QED) is 0.909. The Morgan fingerprint density at radius 2 is 1.92 bits per heavy atom. The summed E-state index contributed by atoms with van der Waals surface area (Å²) in [6, 6.07) is 15.5. The second-order valence-corrected chi connectivity index (χ2v) is 7.55. The van der Waals surface area contributed by atoms with Gasteiger partial charge in [0.05, 0.1) is 5.75 Å². The molecule has 0 spiro atoms. The Kier molecular flexibility index (Phi) is 5.00. The van der Waals surface area contributed by atoms with E-state index in [0.29, 0.717) is 5.75 Å².